The van der Waals surface area contributed by atoms with Gasteiger partial charge in [0, 0.05) is 17.3 Å². The lowest BCUT2D eigenvalue weighted by Crippen LogP contribution is -2.20. The molecule has 2 aromatic carbocycles. The number of nitrogens with zero attached hydrogens (tertiary/aromatic N) is 1. The van der Waals surface area contributed by atoms with E-state index >= 15 is 0 Å². The van der Waals surface area contributed by atoms with Crippen LogP contribution in [0, 0.1) is 13.8 Å². The molecule has 0 aliphatic carbocycles. The summed E-state index contributed by atoms with van der Waals surface area (Å²) in [5.41, 5.74) is 7.77. The number of hydrogen-bond acceptors (Lipinski definition) is 6. The number of benzene rings is 2. The number of nitrogens with two attached hydrogens (primary N) is 1. The number of carbonyl (C=O) groups excluding carboxylic acids is 2. The molecule has 3 rings (SSSR count). The van der Waals surface area contributed by atoms with E-state index in [1.54, 1.807) is 48.5 Å². The number of ether oxygens (including phenoxy) is 2. The first-order valence-electron chi connectivity index (χ1n) is 8.89. The zero-order chi connectivity index (χ0) is 20.8. The van der Waals surface area contributed by atoms with E-state index in [0.717, 1.165) is 17.0 Å². The predicted molar refractivity (Wildman–Crippen MR) is 106 cm³/mol. The largest absolute Gasteiger partial charge is 0.489 e. The number of primary amides is 1. The van der Waals surface area contributed by atoms with Crippen LogP contribution in [0.25, 0.3) is 0 Å². The molecule has 0 bridgehead atoms. The van der Waals surface area contributed by atoms with Crippen LogP contribution < -0.4 is 20.5 Å². The molecule has 0 saturated heterocycles. The second-order valence-corrected chi connectivity index (χ2v) is 6.35. The van der Waals surface area contributed by atoms with Crippen LogP contribution in [-0.4, -0.2) is 23.6 Å². The third kappa shape index (κ3) is 5.35. The SMILES string of the molecule is Cc1noc(C)c1COc1ccc(C(=O)Nc2cccc(OCC(N)=O)c2)cc1. The zero-order valence-electron chi connectivity index (χ0n) is 16.1. The van der Waals surface area contributed by atoms with E-state index in [0.29, 0.717) is 29.4 Å². The van der Waals surface area contributed by atoms with Crippen molar-refractivity contribution in [3.63, 3.8) is 0 Å². The topological polar surface area (TPSA) is 117 Å². The summed E-state index contributed by atoms with van der Waals surface area (Å²) in [6.45, 7) is 3.80. The quantitative estimate of drug-likeness (QED) is 0.606. The first kappa shape index (κ1) is 19.9. The van der Waals surface area contributed by atoms with Gasteiger partial charge in [0.1, 0.15) is 23.9 Å². The molecule has 0 atom stereocenters. The molecule has 0 unspecified atom stereocenters. The zero-order valence-corrected chi connectivity index (χ0v) is 16.1. The molecule has 0 aliphatic heterocycles. The van der Waals surface area contributed by atoms with E-state index in [1.165, 1.54) is 0 Å². The molecule has 0 aliphatic rings. The molecular formula is C21H21N3O5. The lowest BCUT2D eigenvalue weighted by Gasteiger charge is -2.09. The molecule has 29 heavy (non-hydrogen) atoms. The lowest BCUT2D eigenvalue weighted by atomic mass is 10.2. The Labute approximate surface area is 167 Å². The van der Waals surface area contributed by atoms with Crippen LogP contribution in [0.15, 0.2) is 53.1 Å². The average molecular weight is 395 g/mol. The van der Waals surface area contributed by atoms with Crippen LogP contribution in [0.1, 0.15) is 27.4 Å². The highest BCUT2D eigenvalue weighted by molar-refractivity contribution is 6.04. The number of anilines is 1. The highest BCUT2D eigenvalue weighted by Crippen LogP contribution is 2.20. The summed E-state index contributed by atoms with van der Waals surface area (Å²) in [6, 6.07) is 13.5. The molecule has 3 aromatic rings. The van der Waals surface area contributed by atoms with Crippen LogP contribution in [0.2, 0.25) is 0 Å². The summed E-state index contributed by atoms with van der Waals surface area (Å²) in [7, 11) is 0. The number of hydrogen-bond donors (Lipinski definition) is 2. The predicted octanol–water partition coefficient (Wildman–Crippen LogP) is 2.99. The molecular weight excluding hydrogens is 374 g/mol. The van der Waals surface area contributed by atoms with Crippen LogP contribution in [-0.2, 0) is 11.4 Å². The molecule has 8 nitrogen and oxygen atoms in total. The van der Waals surface area contributed by atoms with Gasteiger partial charge in [0.05, 0.1) is 11.3 Å². The molecule has 2 amide bonds. The van der Waals surface area contributed by atoms with Crippen LogP contribution in [0.3, 0.4) is 0 Å². The van der Waals surface area contributed by atoms with Gasteiger partial charge >= 0.3 is 0 Å². The van der Waals surface area contributed by atoms with Gasteiger partial charge in [-0.25, -0.2) is 0 Å². The number of amides is 2. The van der Waals surface area contributed by atoms with Gasteiger partial charge in [0.25, 0.3) is 11.8 Å². The van der Waals surface area contributed by atoms with Gasteiger partial charge in [-0.2, -0.15) is 0 Å². The molecule has 0 spiro atoms. The summed E-state index contributed by atoms with van der Waals surface area (Å²) in [5.74, 6) is 0.930. The first-order chi connectivity index (χ1) is 13.9. The van der Waals surface area contributed by atoms with Crippen LogP contribution in [0.4, 0.5) is 5.69 Å². The number of rotatable bonds is 8. The number of aromatic nitrogens is 1. The van der Waals surface area contributed by atoms with Gasteiger partial charge in [-0.05, 0) is 50.2 Å². The van der Waals surface area contributed by atoms with E-state index in [1.807, 2.05) is 13.8 Å². The number of nitrogens with one attached hydrogen (secondary N) is 1. The Hall–Kier alpha value is -3.81. The summed E-state index contributed by atoms with van der Waals surface area (Å²) in [4.78, 5) is 23.3. The summed E-state index contributed by atoms with van der Waals surface area (Å²) in [5, 5.41) is 6.67. The molecule has 0 fully saturated rings. The third-order valence-electron chi connectivity index (χ3n) is 4.15. The molecule has 1 aromatic heterocycles. The van der Waals surface area contributed by atoms with Crippen molar-refractivity contribution in [2.75, 3.05) is 11.9 Å². The fourth-order valence-electron chi connectivity index (χ4n) is 2.59. The highest BCUT2D eigenvalue weighted by Gasteiger charge is 2.11. The Morgan fingerprint density at radius 3 is 2.48 bits per heavy atom. The maximum Gasteiger partial charge on any atom is 0.255 e. The highest BCUT2D eigenvalue weighted by atomic mass is 16.5. The molecule has 150 valence electrons. The fraction of sp³-hybridized carbons (Fsp3) is 0.190. The van der Waals surface area contributed by atoms with Crippen molar-refractivity contribution < 1.29 is 23.6 Å². The summed E-state index contributed by atoms with van der Waals surface area (Å²) < 4.78 is 16.1. The second-order valence-electron chi connectivity index (χ2n) is 6.35. The van der Waals surface area contributed by atoms with E-state index < -0.39 is 5.91 Å². The van der Waals surface area contributed by atoms with Crippen molar-refractivity contribution in [1.29, 1.82) is 0 Å². The van der Waals surface area contributed by atoms with E-state index in [2.05, 4.69) is 10.5 Å². The Morgan fingerprint density at radius 2 is 1.83 bits per heavy atom. The van der Waals surface area contributed by atoms with Crippen molar-refractivity contribution >= 4 is 17.5 Å². The maximum atomic E-state index is 12.4. The van der Waals surface area contributed by atoms with Gasteiger partial charge < -0.3 is 25.0 Å². The van der Waals surface area contributed by atoms with Crippen molar-refractivity contribution in [1.82, 2.24) is 5.16 Å². The monoisotopic (exact) mass is 395 g/mol. The molecule has 0 radical (unpaired) electrons. The normalized spacial score (nSPS) is 10.4. The van der Waals surface area contributed by atoms with Crippen molar-refractivity contribution in [2.45, 2.75) is 20.5 Å². The smallest absolute Gasteiger partial charge is 0.255 e. The Morgan fingerprint density at radius 1 is 1.07 bits per heavy atom. The Balaban J connectivity index is 1.59. The van der Waals surface area contributed by atoms with Crippen molar-refractivity contribution in [3.05, 3.63) is 71.1 Å². The van der Waals surface area contributed by atoms with Crippen LogP contribution in [0.5, 0.6) is 11.5 Å². The molecule has 1 heterocycles. The average Bonchev–Trinajstić information content (AvgIpc) is 3.03. The van der Waals surface area contributed by atoms with Gasteiger partial charge in [0.15, 0.2) is 6.61 Å². The second kappa shape index (κ2) is 8.92. The van der Waals surface area contributed by atoms with Gasteiger partial charge in [-0.15, -0.1) is 0 Å². The standard InChI is InChI=1S/C21H21N3O5/c1-13-19(14(2)29-24-13)11-27-17-8-6-15(7-9-17)21(26)23-16-4-3-5-18(10-16)28-12-20(22)25/h3-10H,11-12H2,1-2H3,(H2,22,25)(H,23,26). The third-order valence-corrected chi connectivity index (χ3v) is 4.15. The van der Waals surface area contributed by atoms with Crippen molar-refractivity contribution in [2.24, 2.45) is 5.73 Å². The van der Waals surface area contributed by atoms with E-state index in [9.17, 15) is 9.59 Å². The van der Waals surface area contributed by atoms with Gasteiger partial charge in [-0.3, -0.25) is 9.59 Å². The molecule has 0 saturated carbocycles. The van der Waals surface area contributed by atoms with Crippen molar-refractivity contribution in [3.8, 4) is 11.5 Å². The number of carbonyl (C=O) groups is 2. The summed E-state index contributed by atoms with van der Waals surface area (Å²) >= 11 is 0. The Kier molecular flexibility index (Phi) is 6.13. The van der Waals surface area contributed by atoms with E-state index in [-0.39, 0.29) is 12.5 Å². The van der Waals surface area contributed by atoms with E-state index in [4.69, 9.17) is 19.7 Å². The lowest BCUT2D eigenvalue weighted by molar-refractivity contribution is -0.119. The molecule has 8 heteroatoms. The number of aryl methyl sites for hydroxylation is 2. The first-order valence-corrected chi connectivity index (χ1v) is 8.89. The Bertz CT molecular complexity index is 992. The fourth-order valence-corrected chi connectivity index (χ4v) is 2.59. The van der Waals surface area contributed by atoms with Crippen LogP contribution >= 0.6 is 0 Å². The molecule has 3 N–H and O–H groups in total. The minimum absolute atomic E-state index is 0.229. The van der Waals surface area contributed by atoms with Gasteiger partial charge in [-0.1, -0.05) is 11.2 Å². The van der Waals surface area contributed by atoms with Gasteiger partial charge in [0.2, 0.25) is 0 Å². The maximum absolute atomic E-state index is 12.4. The minimum atomic E-state index is -0.573. The summed E-state index contributed by atoms with van der Waals surface area (Å²) in [6.07, 6.45) is 0. The minimum Gasteiger partial charge on any atom is -0.489 e.